The minimum Gasteiger partial charge on any atom is -0.494 e. The molecule has 0 saturated heterocycles. The first-order valence-electron chi connectivity index (χ1n) is 11.6. The third-order valence-electron chi connectivity index (χ3n) is 5.41. The maximum atomic E-state index is 13.1. The number of carbonyl (C=O) groups excluding carboxylic acids is 2. The topological polar surface area (TPSA) is 85.9 Å². The number of nitrogens with one attached hydrogen (secondary N) is 2. The van der Waals surface area contributed by atoms with Gasteiger partial charge in [0.25, 0.3) is 5.91 Å². The standard InChI is InChI=1S/C28H32N2O5/c1-6-34-28(32)30-24-14-12-21(16-26(24)33-5)29-27(31)23-10-8-7-9-20(23)17-35-25-15-19(4)11-13-22(25)18(2)3/h7-16,18H,6,17H2,1-5H3,(H,29,31)(H,30,32). The average molecular weight is 477 g/mol. The third kappa shape index (κ3) is 6.76. The van der Waals surface area contributed by atoms with Crippen molar-refractivity contribution in [2.45, 2.75) is 40.2 Å². The van der Waals surface area contributed by atoms with Gasteiger partial charge in [-0.05, 0) is 55.2 Å². The quantitative estimate of drug-likeness (QED) is 0.367. The van der Waals surface area contributed by atoms with Crippen LogP contribution in [0.25, 0.3) is 0 Å². The van der Waals surface area contributed by atoms with Gasteiger partial charge in [0.2, 0.25) is 0 Å². The molecule has 3 aromatic carbocycles. The molecule has 0 radical (unpaired) electrons. The van der Waals surface area contributed by atoms with Crippen molar-refractivity contribution in [3.05, 3.63) is 82.9 Å². The van der Waals surface area contributed by atoms with E-state index in [0.717, 1.165) is 22.4 Å². The summed E-state index contributed by atoms with van der Waals surface area (Å²) in [6.45, 7) is 8.52. The van der Waals surface area contributed by atoms with Crippen LogP contribution in [0.3, 0.4) is 0 Å². The highest BCUT2D eigenvalue weighted by Crippen LogP contribution is 2.30. The minimum atomic E-state index is -0.578. The average Bonchev–Trinajstić information content (AvgIpc) is 2.83. The summed E-state index contributed by atoms with van der Waals surface area (Å²) in [5, 5.41) is 5.51. The van der Waals surface area contributed by atoms with Gasteiger partial charge < -0.3 is 19.5 Å². The molecule has 184 valence electrons. The Morgan fingerprint density at radius 1 is 0.943 bits per heavy atom. The van der Waals surface area contributed by atoms with Crippen LogP contribution in [0.5, 0.6) is 11.5 Å². The molecule has 0 bridgehead atoms. The Morgan fingerprint density at radius 2 is 1.71 bits per heavy atom. The summed E-state index contributed by atoms with van der Waals surface area (Å²) in [7, 11) is 1.49. The van der Waals surface area contributed by atoms with Gasteiger partial charge in [0.15, 0.2) is 0 Å². The van der Waals surface area contributed by atoms with Crippen LogP contribution in [0.1, 0.15) is 53.7 Å². The van der Waals surface area contributed by atoms with Crippen LogP contribution in [0.4, 0.5) is 16.2 Å². The van der Waals surface area contributed by atoms with E-state index in [2.05, 4.69) is 36.6 Å². The van der Waals surface area contributed by atoms with Crippen molar-refractivity contribution in [3.63, 3.8) is 0 Å². The molecule has 35 heavy (non-hydrogen) atoms. The lowest BCUT2D eigenvalue weighted by atomic mass is 10.0. The van der Waals surface area contributed by atoms with Gasteiger partial charge in [-0.25, -0.2) is 4.79 Å². The number of ether oxygens (including phenoxy) is 3. The Hall–Kier alpha value is -4.00. The van der Waals surface area contributed by atoms with Crippen LogP contribution >= 0.6 is 0 Å². The summed E-state index contributed by atoms with van der Waals surface area (Å²) in [5.74, 6) is 1.27. The van der Waals surface area contributed by atoms with Crippen LogP contribution in [-0.2, 0) is 11.3 Å². The fraction of sp³-hybridized carbons (Fsp3) is 0.286. The van der Waals surface area contributed by atoms with Crippen LogP contribution in [0.15, 0.2) is 60.7 Å². The molecule has 3 rings (SSSR count). The van der Waals surface area contributed by atoms with Gasteiger partial charge >= 0.3 is 6.09 Å². The first-order valence-corrected chi connectivity index (χ1v) is 11.6. The number of methoxy groups -OCH3 is 1. The number of carbonyl (C=O) groups is 2. The van der Waals surface area contributed by atoms with Crippen molar-refractivity contribution in [2.24, 2.45) is 0 Å². The highest BCUT2D eigenvalue weighted by molar-refractivity contribution is 6.05. The first-order chi connectivity index (χ1) is 16.8. The van der Waals surface area contributed by atoms with Crippen molar-refractivity contribution >= 4 is 23.4 Å². The van der Waals surface area contributed by atoms with E-state index in [9.17, 15) is 9.59 Å². The molecule has 2 amide bonds. The Labute approximate surface area is 206 Å². The molecule has 0 atom stereocenters. The molecule has 0 aromatic heterocycles. The SMILES string of the molecule is CCOC(=O)Nc1ccc(NC(=O)c2ccccc2COc2cc(C)ccc2C(C)C)cc1OC. The monoisotopic (exact) mass is 476 g/mol. The van der Waals surface area contributed by atoms with Gasteiger partial charge in [-0.3, -0.25) is 10.1 Å². The summed E-state index contributed by atoms with van der Waals surface area (Å²) in [6.07, 6.45) is -0.578. The molecule has 0 aliphatic carbocycles. The normalized spacial score (nSPS) is 10.6. The van der Waals surface area contributed by atoms with Crippen LogP contribution < -0.4 is 20.1 Å². The maximum Gasteiger partial charge on any atom is 0.411 e. The molecule has 2 N–H and O–H groups in total. The fourth-order valence-electron chi connectivity index (χ4n) is 3.61. The lowest BCUT2D eigenvalue weighted by Crippen LogP contribution is -2.16. The second-order valence-electron chi connectivity index (χ2n) is 8.36. The number of benzene rings is 3. The molecule has 0 saturated carbocycles. The number of rotatable bonds is 9. The molecule has 0 unspecified atom stereocenters. The molecule has 0 aliphatic rings. The molecule has 0 aliphatic heterocycles. The number of hydrogen-bond donors (Lipinski definition) is 2. The molecule has 0 heterocycles. The molecule has 3 aromatic rings. The number of amides is 2. The summed E-state index contributed by atoms with van der Waals surface area (Å²) >= 11 is 0. The molecular formula is C28H32N2O5. The Bertz CT molecular complexity index is 1190. The van der Waals surface area contributed by atoms with E-state index < -0.39 is 6.09 Å². The smallest absolute Gasteiger partial charge is 0.411 e. The van der Waals surface area contributed by atoms with Gasteiger partial charge in [0, 0.05) is 22.9 Å². The molecule has 0 spiro atoms. The molecule has 7 nitrogen and oxygen atoms in total. The second kappa shape index (κ2) is 11.9. The molecular weight excluding hydrogens is 444 g/mol. The Morgan fingerprint density at radius 3 is 2.43 bits per heavy atom. The van der Waals surface area contributed by atoms with Crippen LogP contribution in [0.2, 0.25) is 0 Å². The van der Waals surface area contributed by atoms with Crippen molar-refractivity contribution < 1.29 is 23.8 Å². The van der Waals surface area contributed by atoms with Gasteiger partial charge in [0.05, 0.1) is 19.4 Å². The summed E-state index contributed by atoms with van der Waals surface area (Å²) < 4.78 is 16.4. The first kappa shape index (κ1) is 25.6. The Balaban J connectivity index is 1.76. The van der Waals surface area contributed by atoms with E-state index in [0.29, 0.717) is 28.6 Å². The minimum absolute atomic E-state index is 0.258. The van der Waals surface area contributed by atoms with Gasteiger partial charge in [-0.2, -0.15) is 0 Å². The number of aryl methyl sites for hydroxylation is 1. The summed E-state index contributed by atoms with van der Waals surface area (Å²) in [5.41, 5.74) is 4.49. The predicted octanol–water partition coefficient (Wildman–Crippen LogP) is 6.53. The summed E-state index contributed by atoms with van der Waals surface area (Å²) in [4.78, 5) is 24.9. The Kier molecular flexibility index (Phi) is 8.73. The van der Waals surface area contributed by atoms with E-state index >= 15 is 0 Å². The predicted molar refractivity (Wildman–Crippen MR) is 138 cm³/mol. The highest BCUT2D eigenvalue weighted by Gasteiger charge is 2.15. The molecule has 0 fully saturated rings. The fourth-order valence-corrected chi connectivity index (χ4v) is 3.61. The maximum absolute atomic E-state index is 13.1. The second-order valence-corrected chi connectivity index (χ2v) is 8.36. The van der Waals surface area contributed by atoms with E-state index in [-0.39, 0.29) is 19.1 Å². The number of hydrogen-bond acceptors (Lipinski definition) is 5. The summed E-state index contributed by atoms with van der Waals surface area (Å²) in [6, 6.07) is 18.5. The lowest BCUT2D eigenvalue weighted by molar-refractivity contribution is 0.102. The van der Waals surface area contributed by atoms with Crippen molar-refractivity contribution in [1.82, 2.24) is 0 Å². The van der Waals surface area contributed by atoms with E-state index in [4.69, 9.17) is 14.2 Å². The van der Waals surface area contributed by atoms with E-state index in [1.165, 1.54) is 7.11 Å². The van der Waals surface area contributed by atoms with Gasteiger partial charge in [0.1, 0.15) is 18.1 Å². The zero-order valence-electron chi connectivity index (χ0n) is 20.8. The lowest BCUT2D eigenvalue weighted by Gasteiger charge is -2.17. The largest absolute Gasteiger partial charge is 0.494 e. The van der Waals surface area contributed by atoms with Crippen molar-refractivity contribution in [1.29, 1.82) is 0 Å². The van der Waals surface area contributed by atoms with Crippen LogP contribution in [-0.4, -0.2) is 25.7 Å². The zero-order valence-corrected chi connectivity index (χ0v) is 20.8. The van der Waals surface area contributed by atoms with E-state index in [1.807, 2.05) is 31.2 Å². The van der Waals surface area contributed by atoms with Crippen LogP contribution in [0, 0.1) is 6.92 Å². The van der Waals surface area contributed by atoms with Crippen molar-refractivity contribution in [3.8, 4) is 11.5 Å². The van der Waals surface area contributed by atoms with Crippen molar-refractivity contribution in [2.75, 3.05) is 24.4 Å². The van der Waals surface area contributed by atoms with Gasteiger partial charge in [-0.1, -0.05) is 44.2 Å². The van der Waals surface area contributed by atoms with Gasteiger partial charge in [-0.15, -0.1) is 0 Å². The molecule has 7 heteroatoms. The third-order valence-corrected chi connectivity index (χ3v) is 5.41. The zero-order chi connectivity index (χ0) is 25.4. The number of anilines is 2. The highest BCUT2D eigenvalue weighted by atomic mass is 16.5. The van der Waals surface area contributed by atoms with E-state index in [1.54, 1.807) is 31.2 Å².